The summed E-state index contributed by atoms with van der Waals surface area (Å²) in [7, 11) is 0. The Bertz CT molecular complexity index is 378. The van der Waals surface area contributed by atoms with Crippen LogP contribution < -0.4 is 5.32 Å². The molecule has 7 atom stereocenters. The van der Waals surface area contributed by atoms with Crippen molar-refractivity contribution in [2.75, 3.05) is 0 Å². The molecule has 0 radical (unpaired) electrons. The average molecular weight is 295 g/mol. The van der Waals surface area contributed by atoms with E-state index in [0.717, 1.165) is 6.92 Å². The number of aliphatic carboxylic acids is 1. The molecule has 1 fully saturated rings. The number of aliphatic hydroxyl groups excluding tert-OH is 3. The zero-order valence-corrected chi connectivity index (χ0v) is 10.9. The van der Waals surface area contributed by atoms with Gasteiger partial charge in [0.25, 0.3) is 0 Å². The van der Waals surface area contributed by atoms with Crippen molar-refractivity contribution in [3.63, 3.8) is 0 Å². The normalized spacial score (nSPS) is 37.0. The molecule has 0 aromatic carbocycles. The Morgan fingerprint density at radius 3 is 2.30 bits per heavy atom. The third kappa shape index (κ3) is 3.42. The van der Waals surface area contributed by atoms with E-state index in [1.807, 2.05) is 0 Å². The highest BCUT2D eigenvalue weighted by Crippen LogP contribution is 2.26. The lowest BCUT2D eigenvalue weighted by Gasteiger charge is -2.42. The van der Waals surface area contributed by atoms with Crippen molar-refractivity contribution in [1.29, 1.82) is 0 Å². The van der Waals surface area contributed by atoms with Gasteiger partial charge in [-0.2, -0.15) is 0 Å². The number of rotatable bonds is 4. The zero-order valence-electron chi connectivity index (χ0n) is 10.9. The van der Waals surface area contributed by atoms with Crippen LogP contribution in [-0.4, -0.2) is 75.0 Å². The van der Waals surface area contributed by atoms with E-state index in [1.54, 1.807) is 0 Å². The van der Waals surface area contributed by atoms with Crippen molar-refractivity contribution in [3.05, 3.63) is 0 Å². The number of alkyl halides is 1. The van der Waals surface area contributed by atoms with Gasteiger partial charge in [0.2, 0.25) is 5.91 Å². The fraction of sp³-hybridized carbons (Fsp3) is 0.818. The van der Waals surface area contributed by atoms with Gasteiger partial charge in [0.1, 0.15) is 18.3 Å². The number of halogens is 1. The topological polar surface area (TPSA) is 136 Å². The number of hydrogen-bond acceptors (Lipinski definition) is 6. The van der Waals surface area contributed by atoms with Crippen molar-refractivity contribution in [2.45, 2.75) is 56.6 Å². The van der Waals surface area contributed by atoms with Crippen molar-refractivity contribution < 1.29 is 39.1 Å². The van der Waals surface area contributed by atoms with E-state index in [4.69, 9.17) is 9.84 Å². The van der Waals surface area contributed by atoms with Crippen molar-refractivity contribution in [1.82, 2.24) is 5.32 Å². The largest absolute Gasteiger partial charge is 0.479 e. The van der Waals surface area contributed by atoms with E-state index in [2.05, 4.69) is 5.32 Å². The SMILES string of the molecule is CC(=O)N[C@@H]1[C@@H](O)[C@@H](F)C(C(=O)O)O[C@H]1[C@H](O)[C@@H](C)O. The minimum Gasteiger partial charge on any atom is -0.479 e. The van der Waals surface area contributed by atoms with Crippen LogP contribution in [0.4, 0.5) is 4.39 Å². The molecule has 1 rings (SSSR count). The smallest absolute Gasteiger partial charge is 0.336 e. The highest BCUT2D eigenvalue weighted by Gasteiger charge is 2.51. The number of hydrogen-bond donors (Lipinski definition) is 5. The van der Waals surface area contributed by atoms with Crippen LogP contribution in [0.5, 0.6) is 0 Å². The van der Waals surface area contributed by atoms with Gasteiger partial charge in [-0.3, -0.25) is 4.79 Å². The fourth-order valence-electron chi connectivity index (χ4n) is 2.06. The molecule has 1 aliphatic heterocycles. The fourth-order valence-corrected chi connectivity index (χ4v) is 2.06. The maximum atomic E-state index is 13.8. The number of aliphatic hydroxyl groups is 3. The monoisotopic (exact) mass is 295 g/mol. The summed E-state index contributed by atoms with van der Waals surface area (Å²) in [6.07, 6.45) is -10.5. The van der Waals surface area contributed by atoms with Crippen LogP contribution >= 0.6 is 0 Å². The van der Waals surface area contributed by atoms with Crippen LogP contribution in [0, 0.1) is 0 Å². The van der Waals surface area contributed by atoms with Crippen LogP contribution in [0.2, 0.25) is 0 Å². The molecule has 1 aliphatic rings. The first kappa shape index (κ1) is 16.8. The summed E-state index contributed by atoms with van der Waals surface area (Å²) in [4.78, 5) is 21.9. The lowest BCUT2D eigenvalue weighted by molar-refractivity contribution is -0.212. The molecule has 1 amide bonds. The Hall–Kier alpha value is -1.29. The molecule has 116 valence electrons. The first-order chi connectivity index (χ1) is 9.16. The molecule has 0 spiro atoms. The minimum absolute atomic E-state index is 0.624. The third-order valence-electron chi connectivity index (χ3n) is 3.09. The van der Waals surface area contributed by atoms with Crippen LogP contribution in [0.3, 0.4) is 0 Å². The van der Waals surface area contributed by atoms with Crippen molar-refractivity contribution in [3.8, 4) is 0 Å². The van der Waals surface area contributed by atoms with Gasteiger partial charge < -0.3 is 30.5 Å². The second-order valence-corrected chi connectivity index (χ2v) is 4.75. The Kier molecular flexibility index (Phi) is 5.40. The molecule has 8 nitrogen and oxygen atoms in total. The molecule has 1 unspecified atom stereocenters. The number of carbonyl (C=O) groups is 2. The van der Waals surface area contributed by atoms with E-state index in [9.17, 15) is 29.3 Å². The zero-order chi connectivity index (χ0) is 15.6. The molecular formula is C11H18FNO7. The number of carboxylic acid groups (broad SMARTS) is 1. The minimum atomic E-state index is -2.28. The molecule has 1 saturated heterocycles. The Balaban J connectivity index is 3.05. The maximum Gasteiger partial charge on any atom is 0.336 e. The standard InChI is InChI=1S/C11H18FNO7/c1-3(14)7(16)10-6(13-4(2)15)8(17)5(12)9(20-10)11(18)19/h3,5-10,14,16-17H,1-2H3,(H,13,15)(H,18,19)/t3-,5-,6-,7-,8+,9?,10-/m1/s1. The number of carbonyl (C=O) groups excluding carboxylic acids is 1. The number of nitrogens with one attached hydrogen (secondary N) is 1. The second-order valence-electron chi connectivity index (χ2n) is 4.75. The number of ether oxygens (including phenoxy) is 1. The molecule has 0 saturated carbocycles. The summed E-state index contributed by atoms with van der Waals surface area (Å²) < 4.78 is 18.7. The van der Waals surface area contributed by atoms with Gasteiger partial charge in [0.15, 0.2) is 12.3 Å². The van der Waals surface area contributed by atoms with Gasteiger partial charge in [-0.15, -0.1) is 0 Å². The predicted molar refractivity (Wildman–Crippen MR) is 62.5 cm³/mol. The van der Waals surface area contributed by atoms with Gasteiger partial charge in [-0.25, -0.2) is 9.18 Å². The molecule has 5 N–H and O–H groups in total. The first-order valence-corrected chi connectivity index (χ1v) is 6.00. The molecule has 0 aliphatic carbocycles. The van der Waals surface area contributed by atoms with Crippen molar-refractivity contribution >= 4 is 11.9 Å². The molecule has 20 heavy (non-hydrogen) atoms. The first-order valence-electron chi connectivity index (χ1n) is 6.00. The van der Waals surface area contributed by atoms with Crippen LogP contribution in [0.25, 0.3) is 0 Å². The third-order valence-corrected chi connectivity index (χ3v) is 3.09. The lowest BCUT2D eigenvalue weighted by atomic mass is 9.89. The Labute approximate surface area is 114 Å². The van der Waals surface area contributed by atoms with E-state index < -0.39 is 54.6 Å². The van der Waals surface area contributed by atoms with E-state index >= 15 is 0 Å². The highest BCUT2D eigenvalue weighted by atomic mass is 19.1. The summed E-state index contributed by atoms with van der Waals surface area (Å²) in [5, 5.41) is 39.9. The predicted octanol–water partition coefficient (Wildman–Crippen LogP) is -2.22. The van der Waals surface area contributed by atoms with Gasteiger partial charge in [0, 0.05) is 6.92 Å². The van der Waals surface area contributed by atoms with Crippen LogP contribution in [0.15, 0.2) is 0 Å². The summed E-state index contributed by atoms with van der Waals surface area (Å²) in [5.41, 5.74) is 0. The summed E-state index contributed by atoms with van der Waals surface area (Å²) in [5.74, 6) is -2.28. The maximum absolute atomic E-state index is 13.8. The van der Waals surface area contributed by atoms with Gasteiger partial charge in [-0.05, 0) is 6.92 Å². The quantitative estimate of drug-likeness (QED) is 0.396. The van der Waals surface area contributed by atoms with E-state index in [-0.39, 0.29) is 0 Å². The number of amides is 1. The second kappa shape index (κ2) is 6.44. The molecule has 0 bridgehead atoms. The van der Waals surface area contributed by atoms with Crippen LogP contribution in [-0.2, 0) is 14.3 Å². The lowest BCUT2D eigenvalue weighted by Crippen LogP contribution is -2.67. The van der Waals surface area contributed by atoms with Crippen molar-refractivity contribution in [2.24, 2.45) is 0 Å². The molecule has 0 aromatic heterocycles. The molecule has 9 heteroatoms. The summed E-state index contributed by atoms with van der Waals surface area (Å²) in [6.45, 7) is 2.32. The molecule has 1 heterocycles. The summed E-state index contributed by atoms with van der Waals surface area (Å²) >= 11 is 0. The number of carboxylic acids is 1. The van der Waals surface area contributed by atoms with E-state index in [1.165, 1.54) is 6.92 Å². The molecular weight excluding hydrogens is 277 g/mol. The average Bonchev–Trinajstić information content (AvgIpc) is 2.33. The van der Waals surface area contributed by atoms with Gasteiger partial charge in [0.05, 0.1) is 12.1 Å². The Morgan fingerprint density at radius 2 is 1.90 bits per heavy atom. The molecule has 0 aromatic rings. The van der Waals surface area contributed by atoms with Crippen LogP contribution in [0.1, 0.15) is 13.8 Å². The van der Waals surface area contributed by atoms with Gasteiger partial charge >= 0.3 is 5.97 Å². The highest BCUT2D eigenvalue weighted by molar-refractivity contribution is 5.75. The summed E-state index contributed by atoms with van der Waals surface area (Å²) in [6, 6.07) is -1.37. The van der Waals surface area contributed by atoms with Gasteiger partial charge in [-0.1, -0.05) is 0 Å². The Morgan fingerprint density at radius 1 is 1.35 bits per heavy atom. The van der Waals surface area contributed by atoms with E-state index in [0.29, 0.717) is 0 Å².